The van der Waals surface area contributed by atoms with E-state index < -0.39 is 0 Å². The van der Waals surface area contributed by atoms with Crippen molar-refractivity contribution in [1.82, 2.24) is 14.7 Å². The molecule has 1 aliphatic heterocycles. The van der Waals surface area contributed by atoms with Crippen LogP contribution in [0.4, 0.5) is 0 Å². The summed E-state index contributed by atoms with van der Waals surface area (Å²) in [6.07, 6.45) is 5.83. The van der Waals surface area contributed by atoms with Crippen LogP contribution in [0.2, 0.25) is 0 Å². The van der Waals surface area contributed by atoms with E-state index >= 15 is 0 Å². The van der Waals surface area contributed by atoms with Crippen molar-refractivity contribution < 1.29 is 9.59 Å². The Morgan fingerprint density at radius 3 is 2.30 bits per heavy atom. The monoisotopic (exact) mass is 275 g/mol. The molecule has 1 aromatic rings. The number of fused-ring (bicyclic) bond motifs is 1. The molecule has 1 saturated heterocycles. The molecular formula is C15H21N3O2. The Morgan fingerprint density at radius 2 is 1.80 bits per heavy atom. The Balaban J connectivity index is 1.81. The highest BCUT2D eigenvalue weighted by molar-refractivity contribution is 6.05. The molecule has 0 radical (unpaired) electrons. The largest absolute Gasteiger partial charge is 0.277 e. The van der Waals surface area contributed by atoms with Crippen LogP contribution < -0.4 is 0 Å². The first-order valence-corrected chi connectivity index (χ1v) is 7.50. The molecule has 2 atom stereocenters. The highest BCUT2D eigenvalue weighted by atomic mass is 16.2. The molecule has 20 heavy (non-hydrogen) atoms. The van der Waals surface area contributed by atoms with Gasteiger partial charge in [-0.15, -0.1) is 0 Å². The summed E-state index contributed by atoms with van der Waals surface area (Å²) in [5.41, 5.74) is 1.88. The number of nitrogens with zero attached hydrogens (tertiary/aromatic N) is 3. The van der Waals surface area contributed by atoms with Gasteiger partial charge >= 0.3 is 0 Å². The fraction of sp³-hybridized carbons (Fsp3) is 0.667. The molecule has 2 heterocycles. The number of carbonyl (C=O) groups excluding carboxylic acids is 2. The summed E-state index contributed by atoms with van der Waals surface area (Å²) in [5, 5.41) is 4.38. The highest BCUT2D eigenvalue weighted by Gasteiger charge is 2.48. The second kappa shape index (κ2) is 5.04. The molecule has 0 aromatic carbocycles. The van der Waals surface area contributed by atoms with Gasteiger partial charge in [-0.05, 0) is 26.7 Å². The van der Waals surface area contributed by atoms with Gasteiger partial charge in [0.25, 0.3) is 0 Å². The average Bonchev–Trinajstić information content (AvgIpc) is 2.93. The SMILES string of the molecule is CCn1cc(CN2C(=O)C3CCCCC3C2=O)c(C)n1. The molecule has 5 nitrogen and oxygen atoms in total. The molecule has 3 rings (SSSR count). The van der Waals surface area contributed by atoms with Crippen molar-refractivity contribution in [1.29, 1.82) is 0 Å². The summed E-state index contributed by atoms with van der Waals surface area (Å²) in [7, 11) is 0. The molecule has 1 saturated carbocycles. The fourth-order valence-electron chi connectivity index (χ4n) is 3.43. The zero-order valence-corrected chi connectivity index (χ0v) is 12.1. The van der Waals surface area contributed by atoms with E-state index in [1.165, 1.54) is 4.90 Å². The zero-order valence-electron chi connectivity index (χ0n) is 12.1. The maximum Gasteiger partial charge on any atom is 0.233 e. The maximum absolute atomic E-state index is 12.4. The predicted molar refractivity (Wildman–Crippen MR) is 73.6 cm³/mol. The molecule has 108 valence electrons. The summed E-state index contributed by atoms with van der Waals surface area (Å²) in [6.45, 7) is 5.14. The van der Waals surface area contributed by atoms with E-state index in [9.17, 15) is 9.59 Å². The molecule has 1 aromatic heterocycles. The number of hydrogen-bond acceptors (Lipinski definition) is 3. The van der Waals surface area contributed by atoms with Gasteiger partial charge < -0.3 is 0 Å². The fourth-order valence-corrected chi connectivity index (χ4v) is 3.43. The van der Waals surface area contributed by atoms with Crippen LogP contribution >= 0.6 is 0 Å². The minimum atomic E-state index is -0.0576. The van der Waals surface area contributed by atoms with Gasteiger partial charge in [0.05, 0.1) is 24.1 Å². The predicted octanol–water partition coefficient (Wildman–Crippen LogP) is 1.89. The van der Waals surface area contributed by atoms with Gasteiger partial charge in [0.1, 0.15) is 0 Å². The topological polar surface area (TPSA) is 55.2 Å². The molecule has 5 heteroatoms. The molecule has 0 bridgehead atoms. The van der Waals surface area contributed by atoms with Crippen molar-refractivity contribution in [3.8, 4) is 0 Å². The van der Waals surface area contributed by atoms with Gasteiger partial charge in [-0.2, -0.15) is 5.10 Å². The Kier molecular flexibility index (Phi) is 3.36. The Bertz CT molecular complexity index is 525. The molecule has 2 fully saturated rings. The lowest BCUT2D eigenvalue weighted by Gasteiger charge is -2.19. The number of aryl methyl sites for hydroxylation is 2. The number of aromatic nitrogens is 2. The van der Waals surface area contributed by atoms with Crippen LogP contribution in [0.5, 0.6) is 0 Å². The number of rotatable bonds is 3. The maximum atomic E-state index is 12.4. The summed E-state index contributed by atoms with van der Waals surface area (Å²) in [6, 6.07) is 0. The van der Waals surface area contributed by atoms with E-state index in [0.717, 1.165) is 43.5 Å². The number of amides is 2. The zero-order chi connectivity index (χ0) is 14.3. The Morgan fingerprint density at radius 1 is 1.20 bits per heavy atom. The van der Waals surface area contributed by atoms with Crippen LogP contribution in [-0.2, 0) is 22.7 Å². The summed E-state index contributed by atoms with van der Waals surface area (Å²) in [4.78, 5) is 26.3. The molecule has 2 unspecified atom stereocenters. The summed E-state index contributed by atoms with van der Waals surface area (Å²) < 4.78 is 1.85. The minimum Gasteiger partial charge on any atom is -0.277 e. The van der Waals surface area contributed by atoms with E-state index in [1.807, 2.05) is 24.7 Å². The second-order valence-corrected chi connectivity index (χ2v) is 5.86. The van der Waals surface area contributed by atoms with Gasteiger partial charge in [0, 0.05) is 18.3 Å². The average molecular weight is 275 g/mol. The van der Waals surface area contributed by atoms with Crippen LogP contribution in [0.15, 0.2) is 6.20 Å². The first-order valence-electron chi connectivity index (χ1n) is 7.50. The first kappa shape index (κ1) is 13.3. The lowest BCUT2D eigenvalue weighted by atomic mass is 9.81. The van der Waals surface area contributed by atoms with Crippen LogP contribution in [-0.4, -0.2) is 26.5 Å². The highest BCUT2D eigenvalue weighted by Crippen LogP contribution is 2.38. The number of imide groups is 1. The summed E-state index contributed by atoms with van der Waals surface area (Å²) in [5.74, 6) is -0.0535. The van der Waals surface area contributed by atoms with Crippen molar-refractivity contribution in [3.63, 3.8) is 0 Å². The van der Waals surface area contributed by atoms with Crippen LogP contribution in [0.1, 0.15) is 43.9 Å². The third kappa shape index (κ3) is 2.05. The van der Waals surface area contributed by atoms with E-state index in [1.54, 1.807) is 0 Å². The lowest BCUT2D eigenvalue weighted by Crippen LogP contribution is -2.30. The van der Waals surface area contributed by atoms with E-state index in [-0.39, 0.29) is 23.7 Å². The third-order valence-corrected chi connectivity index (χ3v) is 4.63. The Labute approximate surface area is 118 Å². The van der Waals surface area contributed by atoms with Crippen molar-refractivity contribution in [2.75, 3.05) is 0 Å². The second-order valence-electron chi connectivity index (χ2n) is 5.86. The standard InChI is InChI=1S/C15H21N3O2/c1-3-17-8-11(10(2)16-17)9-18-14(19)12-6-4-5-7-13(12)15(18)20/h8,12-13H,3-7,9H2,1-2H3. The quantitative estimate of drug-likeness (QED) is 0.792. The number of likely N-dealkylation sites (tertiary alicyclic amines) is 1. The van der Waals surface area contributed by atoms with Gasteiger partial charge in [-0.25, -0.2) is 0 Å². The summed E-state index contributed by atoms with van der Waals surface area (Å²) >= 11 is 0. The van der Waals surface area contributed by atoms with Crippen molar-refractivity contribution in [2.45, 2.75) is 52.6 Å². The van der Waals surface area contributed by atoms with Crippen molar-refractivity contribution >= 4 is 11.8 Å². The third-order valence-electron chi connectivity index (χ3n) is 4.63. The molecule has 2 amide bonds. The normalized spacial score (nSPS) is 26.2. The van der Waals surface area contributed by atoms with Gasteiger partial charge in [-0.3, -0.25) is 19.2 Å². The molecule has 1 aliphatic carbocycles. The Hall–Kier alpha value is -1.65. The lowest BCUT2D eigenvalue weighted by molar-refractivity contribution is -0.140. The van der Waals surface area contributed by atoms with Crippen LogP contribution in [0, 0.1) is 18.8 Å². The molecule has 0 spiro atoms. The number of hydrogen-bond donors (Lipinski definition) is 0. The molecule has 0 N–H and O–H groups in total. The van der Waals surface area contributed by atoms with Crippen LogP contribution in [0.25, 0.3) is 0 Å². The van der Waals surface area contributed by atoms with Crippen molar-refractivity contribution in [3.05, 3.63) is 17.5 Å². The minimum absolute atomic E-state index is 0.0309. The van der Waals surface area contributed by atoms with E-state index in [0.29, 0.717) is 6.54 Å². The first-order chi connectivity index (χ1) is 9.61. The van der Waals surface area contributed by atoms with Gasteiger partial charge in [0.2, 0.25) is 11.8 Å². The molecule has 2 aliphatic rings. The van der Waals surface area contributed by atoms with Gasteiger partial charge in [0.15, 0.2) is 0 Å². The number of carbonyl (C=O) groups is 2. The van der Waals surface area contributed by atoms with E-state index in [4.69, 9.17) is 0 Å². The smallest absolute Gasteiger partial charge is 0.233 e. The van der Waals surface area contributed by atoms with Crippen molar-refractivity contribution in [2.24, 2.45) is 11.8 Å². The molecular weight excluding hydrogens is 254 g/mol. The van der Waals surface area contributed by atoms with E-state index in [2.05, 4.69) is 5.10 Å². The van der Waals surface area contributed by atoms with Gasteiger partial charge in [-0.1, -0.05) is 12.8 Å². The van der Waals surface area contributed by atoms with Crippen LogP contribution in [0.3, 0.4) is 0 Å².